The Balaban J connectivity index is 2.24. The molecule has 142 valence electrons. The van der Waals surface area contributed by atoms with E-state index in [0.717, 1.165) is 11.0 Å². The van der Waals surface area contributed by atoms with E-state index < -0.39 is 17.0 Å². The highest BCUT2D eigenvalue weighted by molar-refractivity contribution is 7.99. The van der Waals surface area contributed by atoms with Crippen molar-refractivity contribution in [1.29, 1.82) is 0 Å². The molecule has 0 spiro atoms. The molecule has 0 bridgehead atoms. The molecule has 27 heavy (non-hydrogen) atoms. The van der Waals surface area contributed by atoms with Gasteiger partial charge in [0, 0.05) is 30.1 Å². The first-order valence-corrected chi connectivity index (χ1v) is 9.02. The Hall–Kier alpha value is -2.58. The molecule has 9 heteroatoms. The molecule has 1 atom stereocenters. The Bertz CT molecular complexity index is 871. The number of halogens is 1. The van der Waals surface area contributed by atoms with Gasteiger partial charge >= 0.3 is 5.97 Å². The third kappa shape index (κ3) is 5.45. The monoisotopic (exact) mass is 408 g/mol. The van der Waals surface area contributed by atoms with E-state index in [2.05, 4.69) is 0 Å². The minimum Gasteiger partial charge on any atom is -0.449 e. The maximum absolute atomic E-state index is 12.2. The Morgan fingerprint density at radius 3 is 2.37 bits per heavy atom. The Morgan fingerprint density at radius 2 is 1.81 bits per heavy atom. The summed E-state index contributed by atoms with van der Waals surface area (Å²) < 4.78 is 5.09. The minimum absolute atomic E-state index is 0.000521. The van der Waals surface area contributed by atoms with Gasteiger partial charge in [0.05, 0.1) is 15.4 Å². The van der Waals surface area contributed by atoms with E-state index in [1.807, 2.05) is 0 Å². The standard InChI is InChI=1S/C18H17ClN2O5S/c1-11(17(22)20(2)3)26-18(23)12-4-9-16(15(10-12)21(24)25)27-14-7-5-13(19)6-8-14/h4-11H,1-3H3/t11-/m0/s1. The fourth-order valence-electron chi connectivity index (χ4n) is 2.15. The number of carbonyl (C=O) groups excluding carboxylic acids is 2. The maximum atomic E-state index is 12.2. The summed E-state index contributed by atoms with van der Waals surface area (Å²) in [7, 11) is 3.08. The number of nitrogens with zero attached hydrogens (tertiary/aromatic N) is 2. The molecule has 7 nitrogen and oxygen atoms in total. The molecule has 2 aromatic rings. The Labute approximate surface area is 165 Å². The van der Waals surface area contributed by atoms with Crippen molar-refractivity contribution in [2.75, 3.05) is 14.1 Å². The van der Waals surface area contributed by atoms with Crippen LogP contribution in [0.2, 0.25) is 5.02 Å². The van der Waals surface area contributed by atoms with Crippen LogP contribution in [0.25, 0.3) is 0 Å². The fraction of sp³-hybridized carbons (Fsp3) is 0.222. The van der Waals surface area contributed by atoms with Gasteiger partial charge in [0.1, 0.15) is 0 Å². The van der Waals surface area contributed by atoms with Gasteiger partial charge in [-0.1, -0.05) is 23.4 Å². The van der Waals surface area contributed by atoms with Crippen LogP contribution in [-0.4, -0.2) is 41.9 Å². The van der Waals surface area contributed by atoms with Crippen LogP contribution in [0.4, 0.5) is 5.69 Å². The highest BCUT2D eigenvalue weighted by Gasteiger charge is 2.23. The molecule has 0 N–H and O–H groups in total. The lowest BCUT2D eigenvalue weighted by Crippen LogP contribution is -2.34. The molecule has 0 saturated carbocycles. The SMILES string of the molecule is C[C@H](OC(=O)c1ccc(Sc2ccc(Cl)cc2)c([N+](=O)[O-])c1)C(=O)N(C)C. The van der Waals surface area contributed by atoms with Crippen LogP contribution >= 0.6 is 23.4 Å². The summed E-state index contributed by atoms with van der Waals surface area (Å²) in [4.78, 5) is 37.3. The van der Waals surface area contributed by atoms with Crippen molar-refractivity contribution in [3.63, 3.8) is 0 Å². The molecule has 0 aromatic heterocycles. The van der Waals surface area contributed by atoms with Crippen molar-refractivity contribution in [2.45, 2.75) is 22.8 Å². The number of likely N-dealkylation sites (N-methyl/N-ethyl adjacent to an activating group) is 1. The third-order valence-corrected chi connectivity index (χ3v) is 4.83. The first-order chi connectivity index (χ1) is 12.7. The lowest BCUT2D eigenvalue weighted by molar-refractivity contribution is -0.387. The molecule has 0 unspecified atom stereocenters. The number of esters is 1. The summed E-state index contributed by atoms with van der Waals surface area (Å²) in [5.41, 5.74) is -0.225. The largest absolute Gasteiger partial charge is 0.449 e. The van der Waals surface area contributed by atoms with E-state index in [1.54, 1.807) is 38.4 Å². The van der Waals surface area contributed by atoms with Crippen molar-refractivity contribution in [1.82, 2.24) is 4.90 Å². The number of hydrogen-bond donors (Lipinski definition) is 0. The number of ether oxygens (including phenoxy) is 1. The predicted molar refractivity (Wildman–Crippen MR) is 102 cm³/mol. The topological polar surface area (TPSA) is 89.7 Å². The fourth-order valence-corrected chi connectivity index (χ4v) is 3.17. The molecule has 1 amide bonds. The molecule has 0 saturated heterocycles. The number of benzene rings is 2. The van der Waals surface area contributed by atoms with Crippen LogP contribution in [0.3, 0.4) is 0 Å². The molecule has 0 aliphatic carbocycles. The zero-order valence-electron chi connectivity index (χ0n) is 14.8. The first-order valence-electron chi connectivity index (χ1n) is 7.83. The number of nitro benzene ring substituents is 1. The number of amides is 1. The van der Waals surface area contributed by atoms with Crippen LogP contribution in [0.5, 0.6) is 0 Å². The van der Waals surface area contributed by atoms with Crippen LogP contribution in [0, 0.1) is 10.1 Å². The van der Waals surface area contributed by atoms with Crippen LogP contribution in [0.1, 0.15) is 17.3 Å². The van der Waals surface area contributed by atoms with Gasteiger partial charge in [-0.05, 0) is 43.3 Å². The van der Waals surface area contributed by atoms with E-state index in [-0.39, 0.29) is 17.2 Å². The van der Waals surface area contributed by atoms with E-state index >= 15 is 0 Å². The van der Waals surface area contributed by atoms with Crippen molar-refractivity contribution in [3.8, 4) is 0 Å². The van der Waals surface area contributed by atoms with Crippen molar-refractivity contribution < 1.29 is 19.2 Å². The van der Waals surface area contributed by atoms with Gasteiger partial charge in [0.15, 0.2) is 6.10 Å². The maximum Gasteiger partial charge on any atom is 0.339 e. The lowest BCUT2D eigenvalue weighted by atomic mass is 10.2. The normalized spacial score (nSPS) is 11.6. The van der Waals surface area contributed by atoms with E-state index in [0.29, 0.717) is 9.92 Å². The van der Waals surface area contributed by atoms with Crippen LogP contribution < -0.4 is 0 Å². The zero-order valence-corrected chi connectivity index (χ0v) is 16.4. The average molecular weight is 409 g/mol. The summed E-state index contributed by atoms with van der Waals surface area (Å²) in [5, 5.41) is 12.0. The highest BCUT2D eigenvalue weighted by atomic mass is 35.5. The van der Waals surface area contributed by atoms with E-state index in [4.69, 9.17) is 16.3 Å². The molecule has 2 rings (SSSR count). The summed E-state index contributed by atoms with van der Waals surface area (Å²) in [5.74, 6) is -1.18. The van der Waals surface area contributed by atoms with Crippen molar-refractivity contribution in [3.05, 3.63) is 63.2 Å². The zero-order chi connectivity index (χ0) is 20.1. The number of rotatable bonds is 6. The molecule has 0 radical (unpaired) electrons. The molecule has 0 fully saturated rings. The summed E-state index contributed by atoms with van der Waals surface area (Å²) in [6.45, 7) is 1.44. The van der Waals surface area contributed by atoms with E-state index in [9.17, 15) is 19.7 Å². The van der Waals surface area contributed by atoms with E-state index in [1.165, 1.54) is 35.7 Å². The predicted octanol–water partition coefficient (Wildman–Crippen LogP) is 4.03. The van der Waals surface area contributed by atoms with Gasteiger partial charge in [0.2, 0.25) is 0 Å². The number of nitro groups is 1. The average Bonchev–Trinajstić information content (AvgIpc) is 2.62. The van der Waals surface area contributed by atoms with Gasteiger partial charge in [-0.3, -0.25) is 14.9 Å². The van der Waals surface area contributed by atoms with Gasteiger partial charge in [0.25, 0.3) is 11.6 Å². The quantitative estimate of drug-likeness (QED) is 0.407. The highest BCUT2D eigenvalue weighted by Crippen LogP contribution is 2.36. The summed E-state index contributed by atoms with van der Waals surface area (Å²) in [6.07, 6.45) is -0.991. The molecule has 0 aliphatic heterocycles. The molecule has 0 aliphatic rings. The second kappa shape index (κ2) is 8.88. The van der Waals surface area contributed by atoms with Crippen LogP contribution in [-0.2, 0) is 9.53 Å². The molecule has 2 aromatic carbocycles. The van der Waals surface area contributed by atoms with Crippen molar-refractivity contribution in [2.24, 2.45) is 0 Å². The van der Waals surface area contributed by atoms with Gasteiger partial charge in [-0.2, -0.15) is 0 Å². The number of carbonyl (C=O) groups is 2. The Morgan fingerprint density at radius 1 is 1.19 bits per heavy atom. The first kappa shape index (κ1) is 20.7. The van der Waals surface area contributed by atoms with Gasteiger partial charge in [-0.15, -0.1) is 0 Å². The minimum atomic E-state index is -0.991. The van der Waals surface area contributed by atoms with Gasteiger partial charge < -0.3 is 9.64 Å². The summed E-state index contributed by atoms with van der Waals surface area (Å²) >= 11 is 7.02. The third-order valence-electron chi connectivity index (χ3n) is 3.51. The number of hydrogen-bond acceptors (Lipinski definition) is 6. The second-order valence-corrected chi connectivity index (χ2v) is 7.33. The van der Waals surface area contributed by atoms with Gasteiger partial charge in [-0.25, -0.2) is 4.79 Å². The smallest absolute Gasteiger partial charge is 0.339 e. The summed E-state index contributed by atoms with van der Waals surface area (Å²) in [6, 6.07) is 10.9. The second-order valence-electron chi connectivity index (χ2n) is 5.78. The molecule has 0 heterocycles. The molecular weight excluding hydrogens is 392 g/mol. The molecular formula is C18H17ClN2O5S. The van der Waals surface area contributed by atoms with Crippen molar-refractivity contribution >= 4 is 40.9 Å². The Kier molecular flexibility index (Phi) is 6.81. The lowest BCUT2D eigenvalue weighted by Gasteiger charge is -2.17. The van der Waals surface area contributed by atoms with Crippen LogP contribution in [0.15, 0.2) is 52.3 Å².